The maximum atomic E-state index is 13.7. The maximum absolute atomic E-state index is 13.7. The van der Waals surface area contributed by atoms with Crippen molar-refractivity contribution in [3.8, 4) is 0 Å². The fourth-order valence-electron chi connectivity index (χ4n) is 3.14. The fraction of sp³-hybridized carbons (Fsp3) is 0.350. The topological polar surface area (TPSA) is 35.6 Å². The summed E-state index contributed by atoms with van der Waals surface area (Å²) in [4.78, 5) is 16.8. The van der Waals surface area contributed by atoms with Crippen LogP contribution in [0.15, 0.2) is 48.5 Å². The third kappa shape index (κ3) is 4.65. The van der Waals surface area contributed by atoms with Crippen LogP contribution < -0.4 is 5.32 Å². The number of halogens is 2. The van der Waals surface area contributed by atoms with Crippen molar-refractivity contribution in [2.24, 2.45) is 0 Å². The minimum Gasteiger partial charge on any atom is -0.322 e. The lowest BCUT2D eigenvalue weighted by molar-refractivity contribution is -0.121. The molecule has 1 N–H and O–H groups in total. The van der Waals surface area contributed by atoms with Gasteiger partial charge >= 0.3 is 0 Å². The van der Waals surface area contributed by atoms with Crippen LogP contribution in [-0.2, 0) is 11.3 Å². The Bertz CT molecular complexity index is 746. The lowest BCUT2D eigenvalue weighted by Crippen LogP contribution is -2.52. The van der Waals surface area contributed by atoms with Crippen molar-refractivity contribution < 1.29 is 13.6 Å². The van der Waals surface area contributed by atoms with Gasteiger partial charge in [-0.25, -0.2) is 8.78 Å². The van der Waals surface area contributed by atoms with Crippen LogP contribution in [0.4, 0.5) is 14.5 Å². The molecule has 1 aliphatic rings. The molecule has 0 radical (unpaired) electrons. The van der Waals surface area contributed by atoms with Gasteiger partial charge in [-0.1, -0.05) is 30.3 Å². The third-order valence-corrected chi connectivity index (χ3v) is 4.77. The average molecular weight is 359 g/mol. The summed E-state index contributed by atoms with van der Waals surface area (Å²) in [5.74, 6) is -1.71. The molecule has 1 fully saturated rings. The van der Waals surface area contributed by atoms with Crippen molar-refractivity contribution in [1.82, 2.24) is 9.80 Å². The number of hydrogen-bond donors (Lipinski definition) is 1. The van der Waals surface area contributed by atoms with Gasteiger partial charge in [0.15, 0.2) is 0 Å². The van der Waals surface area contributed by atoms with Crippen LogP contribution in [0, 0.1) is 11.6 Å². The number of anilines is 1. The summed E-state index contributed by atoms with van der Waals surface area (Å²) >= 11 is 0. The number of carbonyl (C=O) groups excluding carboxylic acids is 1. The van der Waals surface area contributed by atoms with Gasteiger partial charge in [-0.15, -0.1) is 0 Å². The highest BCUT2D eigenvalue weighted by Gasteiger charge is 2.26. The van der Waals surface area contributed by atoms with Gasteiger partial charge in [0, 0.05) is 38.8 Å². The first-order chi connectivity index (χ1) is 12.5. The van der Waals surface area contributed by atoms with Gasteiger partial charge in [0.05, 0.1) is 11.7 Å². The van der Waals surface area contributed by atoms with Crippen molar-refractivity contribution in [1.29, 1.82) is 0 Å². The molecule has 0 spiro atoms. The Balaban J connectivity index is 1.51. The molecule has 26 heavy (non-hydrogen) atoms. The van der Waals surface area contributed by atoms with E-state index in [1.165, 1.54) is 11.6 Å². The molecule has 2 aromatic rings. The quantitative estimate of drug-likeness (QED) is 0.891. The van der Waals surface area contributed by atoms with Gasteiger partial charge < -0.3 is 5.32 Å². The van der Waals surface area contributed by atoms with Gasteiger partial charge in [0.25, 0.3) is 0 Å². The van der Waals surface area contributed by atoms with E-state index in [1.54, 1.807) is 0 Å². The lowest BCUT2D eigenvalue weighted by Gasteiger charge is -2.37. The Hall–Kier alpha value is -2.31. The number of nitrogens with one attached hydrogen (secondary N) is 1. The molecule has 0 aliphatic carbocycles. The zero-order valence-electron chi connectivity index (χ0n) is 14.8. The minimum absolute atomic E-state index is 0.00552. The normalized spacial score (nSPS) is 17.0. The molecule has 1 saturated heterocycles. The average Bonchev–Trinajstić information content (AvgIpc) is 2.65. The first-order valence-electron chi connectivity index (χ1n) is 8.79. The molecule has 138 valence electrons. The van der Waals surface area contributed by atoms with Gasteiger partial charge in [0.2, 0.25) is 5.91 Å². The number of carbonyl (C=O) groups is 1. The second-order valence-corrected chi connectivity index (χ2v) is 6.59. The third-order valence-electron chi connectivity index (χ3n) is 4.77. The monoisotopic (exact) mass is 359 g/mol. The number of nitrogens with zero attached hydrogens (tertiary/aromatic N) is 2. The van der Waals surface area contributed by atoms with Gasteiger partial charge in [-0.2, -0.15) is 0 Å². The summed E-state index contributed by atoms with van der Waals surface area (Å²) in [5, 5.41) is 2.55. The predicted molar refractivity (Wildman–Crippen MR) is 97.7 cm³/mol. The van der Waals surface area contributed by atoms with E-state index in [9.17, 15) is 13.6 Å². The van der Waals surface area contributed by atoms with Crippen LogP contribution in [0.5, 0.6) is 0 Å². The summed E-state index contributed by atoms with van der Waals surface area (Å²) in [7, 11) is 0. The Morgan fingerprint density at radius 2 is 1.77 bits per heavy atom. The Kier molecular flexibility index (Phi) is 5.96. The molecule has 4 nitrogen and oxygen atoms in total. The molecule has 0 saturated carbocycles. The highest BCUT2D eigenvalue weighted by atomic mass is 19.1. The molecule has 1 atom stereocenters. The summed E-state index contributed by atoms with van der Waals surface area (Å²) in [6.07, 6.45) is 0. The van der Waals surface area contributed by atoms with Crippen LogP contribution in [0.25, 0.3) is 0 Å². The second-order valence-electron chi connectivity index (χ2n) is 6.59. The SMILES string of the molecule is C[C@H](C(=O)Nc1ccc(F)cc1F)N1CCN(Cc2ccccc2)CC1. The zero-order chi connectivity index (χ0) is 18.5. The molecular weight excluding hydrogens is 336 g/mol. The van der Waals surface area contributed by atoms with Crippen molar-refractivity contribution in [3.05, 3.63) is 65.7 Å². The molecule has 0 bridgehead atoms. The largest absolute Gasteiger partial charge is 0.322 e. The smallest absolute Gasteiger partial charge is 0.241 e. The number of hydrogen-bond acceptors (Lipinski definition) is 3. The predicted octanol–water partition coefficient (Wildman–Crippen LogP) is 3.11. The van der Waals surface area contributed by atoms with E-state index < -0.39 is 11.6 Å². The van der Waals surface area contributed by atoms with Crippen molar-refractivity contribution in [2.45, 2.75) is 19.5 Å². The molecule has 6 heteroatoms. The molecule has 0 aromatic heterocycles. The van der Waals surface area contributed by atoms with Crippen molar-refractivity contribution >= 4 is 11.6 Å². The van der Waals surface area contributed by atoms with Crippen LogP contribution in [0.3, 0.4) is 0 Å². The summed E-state index contributed by atoms with van der Waals surface area (Å²) in [5.41, 5.74) is 1.28. The lowest BCUT2D eigenvalue weighted by atomic mass is 10.1. The van der Waals surface area contributed by atoms with Gasteiger partial charge in [-0.05, 0) is 24.6 Å². The highest BCUT2D eigenvalue weighted by molar-refractivity contribution is 5.94. The van der Waals surface area contributed by atoms with E-state index in [4.69, 9.17) is 0 Å². The summed E-state index contributed by atoms with van der Waals surface area (Å²) < 4.78 is 26.7. The summed E-state index contributed by atoms with van der Waals surface area (Å²) in [6.45, 7) is 6.00. The zero-order valence-corrected chi connectivity index (χ0v) is 14.8. The second kappa shape index (κ2) is 8.38. The molecule has 1 aliphatic heterocycles. The molecular formula is C20H23F2N3O. The van der Waals surface area contributed by atoms with E-state index in [0.717, 1.165) is 44.9 Å². The minimum atomic E-state index is -0.766. The van der Waals surface area contributed by atoms with E-state index >= 15 is 0 Å². The first-order valence-corrected chi connectivity index (χ1v) is 8.79. The number of piperazine rings is 1. The number of rotatable bonds is 5. The van der Waals surface area contributed by atoms with E-state index in [1.807, 2.05) is 25.1 Å². The van der Waals surface area contributed by atoms with Crippen LogP contribution >= 0.6 is 0 Å². The van der Waals surface area contributed by atoms with E-state index in [2.05, 4.69) is 27.2 Å². The molecule has 0 unspecified atom stereocenters. The number of benzene rings is 2. The Morgan fingerprint density at radius 1 is 1.08 bits per heavy atom. The van der Waals surface area contributed by atoms with Gasteiger partial charge in [0.1, 0.15) is 11.6 Å². The van der Waals surface area contributed by atoms with Crippen LogP contribution in [0.1, 0.15) is 12.5 Å². The summed E-state index contributed by atoms with van der Waals surface area (Å²) in [6, 6.07) is 13.1. The van der Waals surface area contributed by atoms with Crippen molar-refractivity contribution in [2.75, 3.05) is 31.5 Å². The molecule has 3 rings (SSSR count). The van der Waals surface area contributed by atoms with Crippen molar-refractivity contribution in [3.63, 3.8) is 0 Å². The number of amides is 1. The van der Waals surface area contributed by atoms with Gasteiger partial charge in [-0.3, -0.25) is 14.6 Å². The maximum Gasteiger partial charge on any atom is 0.241 e. The van der Waals surface area contributed by atoms with E-state index in [-0.39, 0.29) is 17.6 Å². The standard InChI is InChI=1S/C20H23F2N3O/c1-15(20(26)23-19-8-7-17(21)13-18(19)22)25-11-9-24(10-12-25)14-16-5-3-2-4-6-16/h2-8,13,15H,9-12,14H2,1H3,(H,23,26)/t15-/m1/s1. The van der Waals surface area contributed by atoms with Crippen LogP contribution in [-0.4, -0.2) is 47.9 Å². The highest BCUT2D eigenvalue weighted by Crippen LogP contribution is 2.17. The van der Waals surface area contributed by atoms with E-state index in [0.29, 0.717) is 0 Å². The fourth-order valence-corrected chi connectivity index (χ4v) is 3.14. The van der Waals surface area contributed by atoms with Crippen LogP contribution in [0.2, 0.25) is 0 Å². The Morgan fingerprint density at radius 3 is 2.42 bits per heavy atom. The molecule has 1 heterocycles. The molecule has 1 amide bonds. The Labute approximate surface area is 152 Å². The first kappa shape index (κ1) is 18.5. The molecule has 2 aromatic carbocycles.